The van der Waals surface area contributed by atoms with Crippen molar-refractivity contribution >= 4 is 11.7 Å². The summed E-state index contributed by atoms with van der Waals surface area (Å²) in [6, 6.07) is 5.73. The van der Waals surface area contributed by atoms with E-state index in [4.69, 9.17) is 9.47 Å². The van der Waals surface area contributed by atoms with Gasteiger partial charge in [0, 0.05) is 43.9 Å². The second kappa shape index (κ2) is 13.5. The summed E-state index contributed by atoms with van der Waals surface area (Å²) in [6.45, 7) is 4.07. The van der Waals surface area contributed by atoms with Crippen LogP contribution in [-0.4, -0.2) is 84.3 Å². The minimum Gasteiger partial charge on any atom is -0.406 e. The van der Waals surface area contributed by atoms with E-state index in [0.717, 1.165) is 37.7 Å². The van der Waals surface area contributed by atoms with E-state index in [1.807, 2.05) is 6.92 Å². The molecule has 2 N–H and O–H groups in total. The summed E-state index contributed by atoms with van der Waals surface area (Å²) in [5.41, 5.74) is 1.78. The quantitative estimate of drug-likeness (QED) is 0.423. The third-order valence-corrected chi connectivity index (χ3v) is 8.14. The van der Waals surface area contributed by atoms with Gasteiger partial charge in [-0.2, -0.15) is 0 Å². The lowest BCUT2D eigenvalue weighted by molar-refractivity contribution is -0.274. The number of hydrogen-bond acceptors (Lipinski definition) is 8. The molecule has 0 saturated carbocycles. The predicted octanol–water partition coefficient (Wildman–Crippen LogP) is 4.73. The van der Waals surface area contributed by atoms with Gasteiger partial charge in [-0.25, -0.2) is 14.4 Å². The Morgan fingerprint density at radius 3 is 2.57 bits per heavy atom. The van der Waals surface area contributed by atoms with Crippen LogP contribution in [-0.2, 0) is 9.47 Å². The summed E-state index contributed by atoms with van der Waals surface area (Å²) in [5.74, 6) is 0.131. The summed E-state index contributed by atoms with van der Waals surface area (Å²) >= 11 is 0. The van der Waals surface area contributed by atoms with Crippen LogP contribution in [0.3, 0.4) is 0 Å². The molecule has 13 heteroatoms. The number of anilines is 1. The van der Waals surface area contributed by atoms with Gasteiger partial charge >= 0.3 is 6.36 Å². The molecule has 0 aliphatic carbocycles. The molecule has 5 rings (SSSR count). The third kappa shape index (κ3) is 7.87. The molecule has 3 aliphatic rings. The Kier molecular flexibility index (Phi) is 9.79. The van der Waals surface area contributed by atoms with E-state index in [9.17, 15) is 22.4 Å². The molecule has 1 aromatic heterocycles. The highest BCUT2D eigenvalue weighted by atomic mass is 19.4. The zero-order valence-corrected chi connectivity index (χ0v) is 23.5. The average molecular weight is 596 g/mol. The number of likely N-dealkylation sites (tertiary alicyclic amines) is 1. The van der Waals surface area contributed by atoms with Gasteiger partial charge in [0.25, 0.3) is 5.91 Å². The first-order chi connectivity index (χ1) is 20.2. The molecule has 3 saturated heterocycles. The lowest BCUT2D eigenvalue weighted by Crippen LogP contribution is -2.52. The van der Waals surface area contributed by atoms with Crippen molar-refractivity contribution in [3.05, 3.63) is 47.4 Å². The van der Waals surface area contributed by atoms with Crippen LogP contribution in [0, 0.1) is 6.92 Å². The lowest BCUT2D eigenvalue weighted by Gasteiger charge is -2.36. The topological polar surface area (TPSA) is 97.8 Å². The largest absolute Gasteiger partial charge is 0.573 e. The van der Waals surface area contributed by atoms with E-state index in [-0.39, 0.29) is 42.6 Å². The molecule has 230 valence electrons. The van der Waals surface area contributed by atoms with E-state index >= 15 is 0 Å². The first kappa shape index (κ1) is 30.4. The number of alkyl halides is 4. The maximum atomic E-state index is 14.1. The van der Waals surface area contributed by atoms with Crippen molar-refractivity contribution in [3.63, 3.8) is 0 Å². The van der Waals surface area contributed by atoms with Crippen LogP contribution < -0.4 is 15.4 Å². The number of carbonyl (C=O) groups is 1. The fourth-order valence-electron chi connectivity index (χ4n) is 5.83. The molecule has 0 spiro atoms. The number of nitrogens with zero attached hydrogens (tertiary/aromatic N) is 3. The van der Waals surface area contributed by atoms with E-state index < -0.39 is 12.5 Å². The molecule has 4 heterocycles. The molecular formula is C29H37F4N5O4. The number of benzene rings is 1. The lowest BCUT2D eigenvalue weighted by atomic mass is 9.98. The summed E-state index contributed by atoms with van der Waals surface area (Å²) in [5, 5.41) is 6.71. The molecule has 1 unspecified atom stereocenters. The van der Waals surface area contributed by atoms with Crippen LogP contribution in [0.25, 0.3) is 0 Å². The molecule has 3 aliphatic heterocycles. The van der Waals surface area contributed by atoms with E-state index in [2.05, 4.69) is 25.3 Å². The number of carbonyl (C=O) groups excluding carboxylic acids is 1. The fourth-order valence-corrected chi connectivity index (χ4v) is 5.83. The molecule has 0 bridgehead atoms. The van der Waals surface area contributed by atoms with Gasteiger partial charge in [-0.05, 0) is 63.1 Å². The highest BCUT2D eigenvalue weighted by Gasteiger charge is 2.32. The summed E-state index contributed by atoms with van der Waals surface area (Å²) in [6.07, 6.45) is -0.151. The average Bonchev–Trinajstić information content (AvgIpc) is 2.98. The maximum Gasteiger partial charge on any atom is 0.573 e. The van der Waals surface area contributed by atoms with Crippen molar-refractivity contribution in [2.45, 2.75) is 82.3 Å². The Morgan fingerprint density at radius 1 is 1.10 bits per heavy atom. The second-order valence-electron chi connectivity index (χ2n) is 11.1. The Bertz CT molecular complexity index is 1190. The van der Waals surface area contributed by atoms with Crippen molar-refractivity contribution in [2.75, 3.05) is 38.2 Å². The van der Waals surface area contributed by atoms with Crippen molar-refractivity contribution in [2.24, 2.45) is 0 Å². The summed E-state index contributed by atoms with van der Waals surface area (Å²) in [4.78, 5) is 23.7. The highest BCUT2D eigenvalue weighted by molar-refractivity contribution is 5.94. The Labute approximate surface area is 242 Å². The molecule has 1 aromatic carbocycles. The van der Waals surface area contributed by atoms with Gasteiger partial charge in [0.2, 0.25) is 0 Å². The predicted molar refractivity (Wildman–Crippen MR) is 146 cm³/mol. The molecular weight excluding hydrogens is 558 g/mol. The molecule has 1 amide bonds. The summed E-state index contributed by atoms with van der Waals surface area (Å²) in [7, 11) is 0. The zero-order valence-electron chi connectivity index (χ0n) is 23.5. The first-order valence-corrected chi connectivity index (χ1v) is 14.5. The Hall–Kier alpha value is -3.03. The zero-order chi connectivity index (χ0) is 29.7. The minimum absolute atomic E-state index is 0.129. The van der Waals surface area contributed by atoms with Gasteiger partial charge in [-0.15, -0.1) is 13.2 Å². The van der Waals surface area contributed by atoms with E-state index in [1.165, 1.54) is 18.5 Å². The number of aromatic nitrogens is 2. The van der Waals surface area contributed by atoms with Gasteiger partial charge < -0.3 is 29.7 Å². The van der Waals surface area contributed by atoms with Crippen molar-refractivity contribution in [3.8, 4) is 5.75 Å². The number of rotatable bonds is 8. The van der Waals surface area contributed by atoms with E-state index in [1.54, 1.807) is 17.0 Å². The van der Waals surface area contributed by atoms with Gasteiger partial charge in [-0.3, -0.25) is 4.79 Å². The molecule has 9 nitrogen and oxygen atoms in total. The summed E-state index contributed by atoms with van der Waals surface area (Å²) < 4.78 is 66.9. The van der Waals surface area contributed by atoms with Crippen LogP contribution in [0.2, 0.25) is 0 Å². The Balaban J connectivity index is 1.12. The smallest absolute Gasteiger partial charge is 0.406 e. The molecule has 2 aromatic rings. The third-order valence-electron chi connectivity index (χ3n) is 8.14. The van der Waals surface area contributed by atoms with Gasteiger partial charge in [0.15, 0.2) is 0 Å². The fraction of sp³-hybridized carbons (Fsp3) is 0.621. The molecule has 3 fully saturated rings. The van der Waals surface area contributed by atoms with Gasteiger partial charge in [0.05, 0.1) is 18.8 Å². The van der Waals surface area contributed by atoms with Crippen LogP contribution in [0.4, 0.5) is 23.4 Å². The van der Waals surface area contributed by atoms with Crippen molar-refractivity contribution in [1.82, 2.24) is 20.2 Å². The SMILES string of the molecule is Cc1c(NCC2CCC[C@@H](c3ccc(OC(F)(F)F)cc3)O2)ncnc1C(=O)N1CCC(N[C@H]2CCOC[C@H]2F)CC1. The molecule has 0 radical (unpaired) electrons. The van der Waals surface area contributed by atoms with E-state index in [0.29, 0.717) is 49.7 Å². The molecule has 4 atom stereocenters. The standard InChI is InChI=1S/C29H37F4N5O4/c1-18-26(28(39)38-12-9-20(10-13-38)37-24-11-14-40-16-23(24)30)35-17-36-27(18)34-15-22-3-2-4-25(41-22)19-5-7-21(8-6-19)42-29(31,32)33/h5-8,17,20,22-25,37H,2-4,9-16H2,1H3,(H,34,35,36)/t22?,23-,24+,25+/m1/s1. The number of nitrogens with one attached hydrogen (secondary N) is 2. The monoisotopic (exact) mass is 595 g/mol. The second-order valence-corrected chi connectivity index (χ2v) is 11.1. The van der Waals surface area contributed by atoms with Crippen molar-refractivity contribution < 1.29 is 36.6 Å². The van der Waals surface area contributed by atoms with Crippen molar-refractivity contribution in [1.29, 1.82) is 0 Å². The van der Waals surface area contributed by atoms with Crippen LogP contribution in [0.1, 0.15) is 66.2 Å². The maximum absolute atomic E-state index is 14.1. The number of ether oxygens (including phenoxy) is 3. The number of halogens is 4. The normalized spacial score (nSPS) is 25.7. The number of piperidine rings is 1. The van der Waals surface area contributed by atoms with Crippen LogP contribution in [0.15, 0.2) is 30.6 Å². The number of hydrogen-bond donors (Lipinski definition) is 2. The first-order valence-electron chi connectivity index (χ1n) is 14.5. The van der Waals surface area contributed by atoms with Crippen LogP contribution in [0.5, 0.6) is 5.75 Å². The van der Waals surface area contributed by atoms with Gasteiger partial charge in [0.1, 0.15) is 29.8 Å². The Morgan fingerprint density at radius 2 is 1.86 bits per heavy atom. The van der Waals surface area contributed by atoms with Crippen LogP contribution >= 0.6 is 0 Å². The van der Waals surface area contributed by atoms with Gasteiger partial charge in [-0.1, -0.05) is 12.1 Å². The minimum atomic E-state index is -4.73. The number of amides is 1. The molecule has 42 heavy (non-hydrogen) atoms. The highest BCUT2D eigenvalue weighted by Crippen LogP contribution is 2.33.